The lowest BCUT2D eigenvalue weighted by Crippen LogP contribution is -2.18. The molecule has 0 saturated heterocycles. The number of fused-ring (bicyclic) bond motifs is 1. The van der Waals surface area contributed by atoms with Gasteiger partial charge in [0.25, 0.3) is 0 Å². The Morgan fingerprint density at radius 3 is 2.83 bits per heavy atom. The van der Waals surface area contributed by atoms with Crippen molar-refractivity contribution in [1.29, 1.82) is 0 Å². The number of esters is 1. The molecule has 0 N–H and O–H groups in total. The summed E-state index contributed by atoms with van der Waals surface area (Å²) in [6.07, 6.45) is 3.28. The molecule has 1 aliphatic rings. The zero-order valence-electron chi connectivity index (χ0n) is 13.4. The van der Waals surface area contributed by atoms with Gasteiger partial charge in [-0.3, -0.25) is 9.78 Å². The summed E-state index contributed by atoms with van der Waals surface area (Å²) in [4.78, 5) is 16.1. The molecule has 0 radical (unpaired) electrons. The zero-order chi connectivity index (χ0) is 16.8. The average Bonchev–Trinajstić information content (AvgIpc) is 2.65. The fourth-order valence-corrected chi connectivity index (χ4v) is 2.32. The van der Waals surface area contributed by atoms with E-state index in [-0.39, 0.29) is 25.1 Å². The first-order valence-corrected chi connectivity index (χ1v) is 7.83. The summed E-state index contributed by atoms with van der Waals surface area (Å²) < 4.78 is 21.7. The molecule has 2 heterocycles. The minimum Gasteiger partial charge on any atom is -0.488 e. The Morgan fingerprint density at radius 1 is 1.21 bits per heavy atom. The standard InChI is InChI=1S/C18H19NO5/c1-13(14-4-5-16-17(11-14)23-9-8-22-16)18(20)24-10-7-21-15-3-2-6-19-12-15/h2-6,11-13H,7-10H2,1H3/t13-/m1/s1. The molecule has 0 aliphatic carbocycles. The molecule has 0 unspecified atom stereocenters. The molecule has 0 bridgehead atoms. The van der Waals surface area contributed by atoms with Crippen LogP contribution >= 0.6 is 0 Å². The van der Waals surface area contributed by atoms with Crippen LogP contribution in [0.15, 0.2) is 42.7 Å². The van der Waals surface area contributed by atoms with Crippen molar-refractivity contribution in [2.45, 2.75) is 12.8 Å². The molecule has 0 saturated carbocycles. The first kappa shape index (κ1) is 16.1. The van der Waals surface area contributed by atoms with E-state index in [1.165, 1.54) is 0 Å². The molecule has 0 spiro atoms. The second kappa shape index (κ2) is 7.68. The number of ether oxygens (including phenoxy) is 4. The van der Waals surface area contributed by atoms with Crippen LogP contribution in [-0.4, -0.2) is 37.4 Å². The summed E-state index contributed by atoms with van der Waals surface area (Å²) in [6.45, 7) is 3.32. The van der Waals surface area contributed by atoms with Crippen LogP contribution in [0, 0.1) is 0 Å². The van der Waals surface area contributed by atoms with Gasteiger partial charge >= 0.3 is 5.97 Å². The van der Waals surface area contributed by atoms with Gasteiger partial charge in [0.1, 0.15) is 32.2 Å². The van der Waals surface area contributed by atoms with Crippen LogP contribution in [0.4, 0.5) is 0 Å². The van der Waals surface area contributed by atoms with Gasteiger partial charge < -0.3 is 18.9 Å². The Kier molecular flexibility index (Phi) is 5.15. The van der Waals surface area contributed by atoms with E-state index in [1.807, 2.05) is 18.2 Å². The second-order valence-electron chi connectivity index (χ2n) is 5.33. The number of benzene rings is 1. The fourth-order valence-electron chi connectivity index (χ4n) is 2.32. The number of carbonyl (C=O) groups is 1. The molecular formula is C18H19NO5. The highest BCUT2D eigenvalue weighted by atomic mass is 16.6. The fraction of sp³-hybridized carbons (Fsp3) is 0.333. The minimum absolute atomic E-state index is 0.183. The van der Waals surface area contributed by atoms with Gasteiger partial charge in [-0.1, -0.05) is 6.07 Å². The smallest absolute Gasteiger partial charge is 0.313 e. The van der Waals surface area contributed by atoms with Gasteiger partial charge in [-0.05, 0) is 36.8 Å². The van der Waals surface area contributed by atoms with Gasteiger partial charge in [-0.2, -0.15) is 0 Å². The Labute approximate surface area is 140 Å². The third kappa shape index (κ3) is 3.95. The van der Waals surface area contributed by atoms with Crippen LogP contribution in [0.3, 0.4) is 0 Å². The zero-order valence-corrected chi connectivity index (χ0v) is 13.4. The summed E-state index contributed by atoms with van der Waals surface area (Å²) in [6, 6.07) is 9.08. The Bertz CT molecular complexity index is 689. The van der Waals surface area contributed by atoms with Gasteiger partial charge in [0, 0.05) is 6.20 Å². The predicted molar refractivity (Wildman–Crippen MR) is 86.5 cm³/mol. The monoisotopic (exact) mass is 329 g/mol. The highest BCUT2D eigenvalue weighted by Gasteiger charge is 2.20. The lowest BCUT2D eigenvalue weighted by atomic mass is 10.0. The van der Waals surface area contributed by atoms with E-state index >= 15 is 0 Å². The van der Waals surface area contributed by atoms with Crippen molar-refractivity contribution in [2.24, 2.45) is 0 Å². The molecular weight excluding hydrogens is 310 g/mol. The van der Waals surface area contributed by atoms with Crippen LogP contribution in [0.1, 0.15) is 18.4 Å². The quantitative estimate of drug-likeness (QED) is 0.599. The SMILES string of the molecule is C[C@@H](C(=O)OCCOc1cccnc1)c1ccc2c(c1)OCCO2. The van der Waals surface area contributed by atoms with Gasteiger partial charge in [0.15, 0.2) is 11.5 Å². The molecule has 1 aromatic heterocycles. The lowest BCUT2D eigenvalue weighted by molar-refractivity contribution is -0.145. The highest BCUT2D eigenvalue weighted by Crippen LogP contribution is 2.33. The van der Waals surface area contributed by atoms with Gasteiger partial charge in [-0.15, -0.1) is 0 Å². The van der Waals surface area contributed by atoms with Crippen molar-refractivity contribution in [2.75, 3.05) is 26.4 Å². The van der Waals surface area contributed by atoms with Crippen LogP contribution in [0.2, 0.25) is 0 Å². The lowest BCUT2D eigenvalue weighted by Gasteiger charge is -2.20. The first-order valence-electron chi connectivity index (χ1n) is 7.83. The van der Waals surface area contributed by atoms with Crippen LogP contribution in [0.25, 0.3) is 0 Å². The number of pyridine rings is 1. The summed E-state index contributed by atoms with van der Waals surface area (Å²) >= 11 is 0. The van der Waals surface area contributed by atoms with Gasteiger partial charge in [0.2, 0.25) is 0 Å². The number of nitrogens with zero attached hydrogens (tertiary/aromatic N) is 1. The summed E-state index contributed by atoms with van der Waals surface area (Å²) in [5.74, 6) is 1.32. The molecule has 6 heteroatoms. The van der Waals surface area contributed by atoms with E-state index < -0.39 is 0 Å². The largest absolute Gasteiger partial charge is 0.488 e. The van der Waals surface area contributed by atoms with Crippen LogP contribution < -0.4 is 14.2 Å². The van der Waals surface area contributed by atoms with E-state index in [4.69, 9.17) is 18.9 Å². The van der Waals surface area contributed by atoms with Crippen molar-refractivity contribution in [1.82, 2.24) is 4.98 Å². The number of hydrogen-bond acceptors (Lipinski definition) is 6. The first-order chi connectivity index (χ1) is 11.7. The molecule has 0 amide bonds. The predicted octanol–water partition coefficient (Wildman–Crippen LogP) is 2.58. The van der Waals surface area contributed by atoms with Crippen molar-refractivity contribution in [3.63, 3.8) is 0 Å². The molecule has 3 rings (SSSR count). The van der Waals surface area contributed by atoms with E-state index in [0.717, 1.165) is 5.56 Å². The van der Waals surface area contributed by atoms with Crippen LogP contribution in [-0.2, 0) is 9.53 Å². The van der Waals surface area contributed by atoms with Crippen molar-refractivity contribution in [3.05, 3.63) is 48.3 Å². The number of rotatable bonds is 6. The van der Waals surface area contributed by atoms with E-state index in [1.54, 1.807) is 31.5 Å². The Hall–Kier alpha value is -2.76. The van der Waals surface area contributed by atoms with Gasteiger partial charge in [-0.25, -0.2) is 0 Å². The normalized spacial score (nSPS) is 13.9. The van der Waals surface area contributed by atoms with Crippen molar-refractivity contribution in [3.8, 4) is 17.2 Å². The Morgan fingerprint density at radius 2 is 2.04 bits per heavy atom. The average molecular weight is 329 g/mol. The number of hydrogen-bond donors (Lipinski definition) is 0. The topological polar surface area (TPSA) is 66.9 Å². The third-order valence-corrected chi connectivity index (χ3v) is 3.65. The highest BCUT2D eigenvalue weighted by molar-refractivity contribution is 5.78. The van der Waals surface area contributed by atoms with E-state index in [9.17, 15) is 4.79 Å². The molecule has 0 fully saturated rings. The molecule has 1 aliphatic heterocycles. The summed E-state index contributed by atoms with van der Waals surface area (Å²) in [5, 5.41) is 0. The molecule has 1 aromatic carbocycles. The molecule has 24 heavy (non-hydrogen) atoms. The maximum Gasteiger partial charge on any atom is 0.313 e. The van der Waals surface area contributed by atoms with Crippen molar-refractivity contribution >= 4 is 5.97 Å². The number of carbonyl (C=O) groups excluding carboxylic acids is 1. The maximum absolute atomic E-state index is 12.2. The minimum atomic E-state index is -0.390. The molecule has 1 atom stereocenters. The Balaban J connectivity index is 1.49. The van der Waals surface area contributed by atoms with Gasteiger partial charge in [0.05, 0.1) is 12.1 Å². The summed E-state index contributed by atoms with van der Waals surface area (Å²) in [5.41, 5.74) is 0.831. The van der Waals surface area contributed by atoms with Crippen molar-refractivity contribution < 1.29 is 23.7 Å². The maximum atomic E-state index is 12.2. The van der Waals surface area contributed by atoms with E-state index in [0.29, 0.717) is 30.5 Å². The second-order valence-corrected chi connectivity index (χ2v) is 5.33. The molecule has 126 valence electrons. The molecule has 2 aromatic rings. The number of aromatic nitrogens is 1. The van der Waals surface area contributed by atoms with E-state index in [2.05, 4.69) is 4.98 Å². The third-order valence-electron chi connectivity index (χ3n) is 3.65. The van der Waals surface area contributed by atoms with Crippen LogP contribution in [0.5, 0.6) is 17.2 Å². The summed E-state index contributed by atoms with van der Waals surface area (Å²) in [7, 11) is 0. The molecule has 6 nitrogen and oxygen atoms in total.